The summed E-state index contributed by atoms with van der Waals surface area (Å²) in [5.74, 6) is 0.189. The van der Waals surface area contributed by atoms with E-state index < -0.39 is 0 Å². The van der Waals surface area contributed by atoms with Crippen molar-refractivity contribution < 1.29 is 4.79 Å². The highest BCUT2D eigenvalue weighted by molar-refractivity contribution is 6.01. The lowest BCUT2D eigenvalue weighted by molar-refractivity contribution is 0.0617. The van der Waals surface area contributed by atoms with Crippen molar-refractivity contribution in [1.82, 2.24) is 14.4 Å². The molecule has 1 aliphatic rings. The number of benzene rings is 2. The minimum atomic E-state index is 0.189. The molecule has 0 aliphatic carbocycles. The molecule has 0 bridgehead atoms. The van der Waals surface area contributed by atoms with Crippen molar-refractivity contribution in [1.29, 1.82) is 0 Å². The zero-order valence-corrected chi connectivity index (χ0v) is 17.6. The second-order valence-corrected chi connectivity index (χ2v) is 8.05. The molecule has 2 heterocycles. The Bertz CT molecular complexity index is 968. The molecule has 1 aromatic heterocycles. The maximum absolute atomic E-state index is 13.5. The van der Waals surface area contributed by atoms with Crippen molar-refractivity contribution in [3.8, 4) is 0 Å². The molecule has 29 heavy (non-hydrogen) atoms. The van der Waals surface area contributed by atoms with Gasteiger partial charge in [-0.3, -0.25) is 9.69 Å². The van der Waals surface area contributed by atoms with Gasteiger partial charge < -0.3 is 9.47 Å². The van der Waals surface area contributed by atoms with Gasteiger partial charge >= 0.3 is 0 Å². The van der Waals surface area contributed by atoms with Gasteiger partial charge in [-0.25, -0.2) is 0 Å². The fourth-order valence-corrected chi connectivity index (χ4v) is 4.40. The first-order valence-electron chi connectivity index (χ1n) is 10.8. The van der Waals surface area contributed by atoms with Crippen LogP contribution in [0.4, 0.5) is 0 Å². The van der Waals surface area contributed by atoms with Gasteiger partial charge in [-0.1, -0.05) is 61.9 Å². The second-order valence-electron chi connectivity index (χ2n) is 8.05. The number of aryl methyl sites for hydroxylation is 2. The molecule has 2 aromatic carbocycles. The Hall–Kier alpha value is -2.59. The Morgan fingerprint density at radius 1 is 0.931 bits per heavy atom. The van der Waals surface area contributed by atoms with Crippen LogP contribution in [0.15, 0.2) is 54.6 Å². The molecule has 1 aliphatic heterocycles. The first-order valence-corrected chi connectivity index (χ1v) is 10.8. The molecule has 0 radical (unpaired) electrons. The Morgan fingerprint density at radius 2 is 1.62 bits per heavy atom. The van der Waals surface area contributed by atoms with Crippen LogP contribution in [-0.2, 0) is 13.1 Å². The lowest BCUT2D eigenvalue weighted by Crippen LogP contribution is -2.48. The third-order valence-electron chi connectivity index (χ3n) is 6.07. The summed E-state index contributed by atoms with van der Waals surface area (Å²) in [6, 6.07) is 19.0. The lowest BCUT2D eigenvalue weighted by Gasteiger charge is -2.35. The Labute approximate surface area is 173 Å². The molecule has 0 N–H and O–H groups in total. The highest BCUT2D eigenvalue weighted by Gasteiger charge is 2.27. The number of carbonyl (C=O) groups excluding carboxylic acids is 1. The van der Waals surface area contributed by atoms with E-state index in [0.29, 0.717) is 0 Å². The molecular weight excluding hydrogens is 358 g/mol. The molecule has 0 saturated carbocycles. The molecule has 0 unspecified atom stereocenters. The zero-order valence-electron chi connectivity index (χ0n) is 17.6. The van der Waals surface area contributed by atoms with Crippen LogP contribution in [0, 0.1) is 6.92 Å². The number of hydrogen-bond acceptors (Lipinski definition) is 2. The lowest BCUT2D eigenvalue weighted by atomic mass is 10.1. The minimum absolute atomic E-state index is 0.189. The number of fused-ring (bicyclic) bond motifs is 1. The molecule has 4 heteroatoms. The number of aromatic nitrogens is 1. The van der Waals surface area contributed by atoms with E-state index >= 15 is 0 Å². The van der Waals surface area contributed by atoms with E-state index in [4.69, 9.17) is 0 Å². The number of nitrogens with zero attached hydrogens (tertiary/aromatic N) is 3. The number of carbonyl (C=O) groups is 1. The Kier molecular flexibility index (Phi) is 6.00. The standard InChI is InChI=1S/C25H31N3O/c1-3-4-14-28-23-13-9-8-12-22(23)20(2)24(28)25(29)27-17-15-26(16-18-27)19-21-10-6-5-7-11-21/h5-13H,3-4,14-19H2,1-2H3. The van der Waals surface area contributed by atoms with Crippen LogP contribution in [0.3, 0.4) is 0 Å². The molecule has 1 fully saturated rings. The van der Waals surface area contributed by atoms with Crippen molar-refractivity contribution in [2.24, 2.45) is 0 Å². The Balaban J connectivity index is 1.51. The predicted octanol–water partition coefficient (Wildman–Crippen LogP) is 4.71. The van der Waals surface area contributed by atoms with E-state index in [9.17, 15) is 4.79 Å². The minimum Gasteiger partial charge on any atom is -0.336 e. The molecule has 4 nitrogen and oxygen atoms in total. The first-order chi connectivity index (χ1) is 14.2. The fraction of sp³-hybridized carbons (Fsp3) is 0.400. The van der Waals surface area contributed by atoms with Gasteiger partial charge in [-0.2, -0.15) is 0 Å². The van der Waals surface area contributed by atoms with E-state index in [0.717, 1.165) is 63.4 Å². The Morgan fingerprint density at radius 3 is 2.34 bits per heavy atom. The molecule has 4 rings (SSSR count). The molecule has 3 aromatic rings. The van der Waals surface area contributed by atoms with Gasteiger partial charge in [0.25, 0.3) is 5.91 Å². The topological polar surface area (TPSA) is 28.5 Å². The van der Waals surface area contributed by atoms with E-state index in [1.54, 1.807) is 0 Å². The molecule has 0 spiro atoms. The zero-order chi connectivity index (χ0) is 20.2. The van der Waals surface area contributed by atoms with Crippen LogP contribution >= 0.6 is 0 Å². The number of unbranched alkanes of at least 4 members (excludes halogenated alkanes) is 1. The summed E-state index contributed by atoms with van der Waals surface area (Å²) >= 11 is 0. The number of piperazine rings is 1. The summed E-state index contributed by atoms with van der Waals surface area (Å²) in [7, 11) is 0. The maximum atomic E-state index is 13.5. The smallest absolute Gasteiger partial charge is 0.270 e. The monoisotopic (exact) mass is 389 g/mol. The van der Waals surface area contributed by atoms with Crippen LogP contribution in [0.1, 0.15) is 41.4 Å². The average Bonchev–Trinajstić information content (AvgIpc) is 3.05. The van der Waals surface area contributed by atoms with E-state index in [-0.39, 0.29) is 5.91 Å². The molecular formula is C25H31N3O. The normalized spacial score (nSPS) is 15.2. The van der Waals surface area contributed by atoms with Crippen LogP contribution in [0.25, 0.3) is 10.9 Å². The van der Waals surface area contributed by atoms with Crippen molar-refractivity contribution >= 4 is 16.8 Å². The van der Waals surface area contributed by atoms with E-state index in [1.165, 1.54) is 16.5 Å². The third-order valence-corrected chi connectivity index (χ3v) is 6.07. The highest BCUT2D eigenvalue weighted by Crippen LogP contribution is 2.27. The number of para-hydroxylation sites is 1. The van der Waals surface area contributed by atoms with Crippen LogP contribution in [0.5, 0.6) is 0 Å². The van der Waals surface area contributed by atoms with E-state index in [1.807, 2.05) is 4.90 Å². The summed E-state index contributed by atoms with van der Waals surface area (Å²) in [5, 5.41) is 1.20. The fourth-order valence-electron chi connectivity index (χ4n) is 4.40. The third kappa shape index (κ3) is 4.08. The first kappa shape index (κ1) is 19.7. The highest BCUT2D eigenvalue weighted by atomic mass is 16.2. The van der Waals surface area contributed by atoms with Gasteiger partial charge in [0.2, 0.25) is 0 Å². The molecule has 0 atom stereocenters. The SMILES string of the molecule is CCCCn1c(C(=O)N2CCN(Cc3ccccc3)CC2)c(C)c2ccccc21. The van der Waals surface area contributed by atoms with Crippen LogP contribution in [0.2, 0.25) is 0 Å². The van der Waals surface area contributed by atoms with Crippen LogP contribution in [-0.4, -0.2) is 46.5 Å². The van der Waals surface area contributed by atoms with Gasteiger partial charge in [0.05, 0.1) is 0 Å². The summed E-state index contributed by atoms with van der Waals surface area (Å²) in [6.07, 6.45) is 2.21. The largest absolute Gasteiger partial charge is 0.336 e. The molecule has 1 saturated heterocycles. The summed E-state index contributed by atoms with van der Waals surface area (Å²) in [5.41, 5.74) is 4.52. The summed E-state index contributed by atoms with van der Waals surface area (Å²) in [6.45, 7) is 9.60. The summed E-state index contributed by atoms with van der Waals surface area (Å²) in [4.78, 5) is 18.0. The average molecular weight is 390 g/mol. The second kappa shape index (κ2) is 8.83. The van der Waals surface area contributed by atoms with Gasteiger partial charge in [0.15, 0.2) is 0 Å². The number of rotatable bonds is 6. The predicted molar refractivity (Wildman–Crippen MR) is 119 cm³/mol. The van der Waals surface area contributed by atoms with Crippen molar-refractivity contribution in [3.05, 3.63) is 71.4 Å². The quantitative estimate of drug-likeness (QED) is 0.611. The van der Waals surface area contributed by atoms with Gasteiger partial charge in [0.1, 0.15) is 5.69 Å². The van der Waals surface area contributed by atoms with Gasteiger partial charge in [-0.05, 0) is 30.5 Å². The van der Waals surface area contributed by atoms with Gasteiger partial charge in [0, 0.05) is 50.2 Å². The van der Waals surface area contributed by atoms with Crippen molar-refractivity contribution in [2.45, 2.75) is 39.8 Å². The van der Waals surface area contributed by atoms with Crippen LogP contribution < -0.4 is 0 Å². The maximum Gasteiger partial charge on any atom is 0.270 e. The van der Waals surface area contributed by atoms with Crippen molar-refractivity contribution in [3.63, 3.8) is 0 Å². The van der Waals surface area contributed by atoms with Gasteiger partial charge in [-0.15, -0.1) is 0 Å². The van der Waals surface area contributed by atoms with Crippen molar-refractivity contribution in [2.75, 3.05) is 26.2 Å². The molecule has 152 valence electrons. The molecule has 1 amide bonds. The number of amides is 1. The van der Waals surface area contributed by atoms with E-state index in [2.05, 4.69) is 77.9 Å². The summed E-state index contributed by atoms with van der Waals surface area (Å²) < 4.78 is 2.26. The number of hydrogen-bond donors (Lipinski definition) is 0.